The third-order valence-electron chi connectivity index (χ3n) is 5.26. The molecule has 1 aliphatic rings. The molecular weight excluding hydrogens is 308 g/mol. The van der Waals surface area contributed by atoms with Crippen LogP contribution in [0.2, 0.25) is 0 Å². The monoisotopic (exact) mass is 342 g/mol. The zero-order valence-electron chi connectivity index (χ0n) is 16.4. The number of ether oxygens (including phenoxy) is 1. The van der Waals surface area contributed by atoms with Gasteiger partial charge in [0.1, 0.15) is 11.5 Å². The summed E-state index contributed by atoms with van der Waals surface area (Å²) in [4.78, 5) is 0. The van der Waals surface area contributed by atoms with Crippen molar-refractivity contribution in [2.75, 3.05) is 6.61 Å². The standard InChI is InChI=1S/C23H34O2/c1-6-8-9-10-18-14-21(24)23(22(15-18)25-7-2)20-13-17(5)11-12-19(20)16(3)4/h13-15,19-20,24H,3,6-12H2,1-2,4-5H3. The zero-order chi connectivity index (χ0) is 18.4. The van der Waals surface area contributed by atoms with Gasteiger partial charge in [-0.25, -0.2) is 0 Å². The van der Waals surface area contributed by atoms with Gasteiger partial charge in [0.05, 0.1) is 6.61 Å². The predicted octanol–water partition coefficient (Wildman–Crippen LogP) is 6.54. The molecule has 0 aromatic heterocycles. The lowest BCUT2D eigenvalue weighted by Gasteiger charge is -2.32. The number of phenols is 1. The van der Waals surface area contributed by atoms with Crippen molar-refractivity contribution >= 4 is 0 Å². The number of allylic oxidation sites excluding steroid dienone is 3. The van der Waals surface area contributed by atoms with Crippen LogP contribution in [-0.4, -0.2) is 11.7 Å². The summed E-state index contributed by atoms with van der Waals surface area (Å²) in [6.45, 7) is 13.3. The molecule has 0 fully saturated rings. The van der Waals surface area contributed by atoms with E-state index in [0.717, 1.165) is 37.0 Å². The van der Waals surface area contributed by atoms with Crippen molar-refractivity contribution in [1.82, 2.24) is 0 Å². The lowest BCUT2D eigenvalue weighted by molar-refractivity contribution is 0.325. The van der Waals surface area contributed by atoms with E-state index < -0.39 is 0 Å². The molecule has 2 nitrogen and oxygen atoms in total. The van der Waals surface area contributed by atoms with Gasteiger partial charge >= 0.3 is 0 Å². The highest BCUT2D eigenvalue weighted by atomic mass is 16.5. The highest BCUT2D eigenvalue weighted by Gasteiger charge is 2.30. The first-order valence-electron chi connectivity index (χ1n) is 9.79. The summed E-state index contributed by atoms with van der Waals surface area (Å²) >= 11 is 0. The maximum Gasteiger partial charge on any atom is 0.127 e. The number of hydrogen-bond donors (Lipinski definition) is 1. The van der Waals surface area contributed by atoms with Crippen molar-refractivity contribution in [1.29, 1.82) is 0 Å². The van der Waals surface area contributed by atoms with Gasteiger partial charge in [-0.2, -0.15) is 0 Å². The van der Waals surface area contributed by atoms with E-state index in [2.05, 4.69) is 39.5 Å². The van der Waals surface area contributed by atoms with Crippen LogP contribution in [0.3, 0.4) is 0 Å². The summed E-state index contributed by atoms with van der Waals surface area (Å²) in [5.74, 6) is 1.73. The zero-order valence-corrected chi connectivity index (χ0v) is 16.4. The summed E-state index contributed by atoms with van der Waals surface area (Å²) in [6.07, 6.45) is 9.06. The van der Waals surface area contributed by atoms with Crippen molar-refractivity contribution in [2.45, 2.75) is 72.1 Å². The molecular formula is C23H34O2. The summed E-state index contributed by atoms with van der Waals surface area (Å²) < 4.78 is 5.96. The second-order valence-corrected chi connectivity index (χ2v) is 7.45. The Bertz CT molecular complexity index is 627. The molecule has 2 heteroatoms. The predicted molar refractivity (Wildman–Crippen MR) is 107 cm³/mol. The first-order chi connectivity index (χ1) is 12.0. The average Bonchev–Trinajstić information content (AvgIpc) is 2.55. The van der Waals surface area contributed by atoms with E-state index in [1.807, 2.05) is 13.0 Å². The fraction of sp³-hybridized carbons (Fsp3) is 0.565. The highest BCUT2D eigenvalue weighted by Crippen LogP contribution is 2.46. The van der Waals surface area contributed by atoms with Gasteiger partial charge < -0.3 is 9.84 Å². The van der Waals surface area contributed by atoms with Crippen LogP contribution in [0.1, 0.15) is 76.8 Å². The topological polar surface area (TPSA) is 29.5 Å². The van der Waals surface area contributed by atoms with Gasteiger partial charge in [-0.3, -0.25) is 0 Å². The second kappa shape index (κ2) is 9.12. The summed E-state index contributed by atoms with van der Waals surface area (Å²) in [5.41, 5.74) is 4.67. The number of rotatable bonds is 8. The Labute approximate surface area is 153 Å². The molecule has 25 heavy (non-hydrogen) atoms. The van der Waals surface area contributed by atoms with Gasteiger partial charge in [0.25, 0.3) is 0 Å². The van der Waals surface area contributed by atoms with Crippen LogP contribution in [0.5, 0.6) is 11.5 Å². The Morgan fingerprint density at radius 1 is 1.28 bits per heavy atom. The van der Waals surface area contributed by atoms with Gasteiger partial charge in [-0.15, -0.1) is 0 Å². The van der Waals surface area contributed by atoms with Crippen LogP contribution in [0, 0.1) is 5.92 Å². The second-order valence-electron chi connectivity index (χ2n) is 7.45. The summed E-state index contributed by atoms with van der Waals surface area (Å²) in [7, 11) is 0. The van der Waals surface area contributed by atoms with Crippen LogP contribution < -0.4 is 4.74 Å². The Hall–Kier alpha value is -1.70. The van der Waals surface area contributed by atoms with Crippen LogP contribution in [0.15, 0.2) is 35.9 Å². The van der Waals surface area contributed by atoms with Gasteiger partial charge in [-0.1, -0.05) is 43.6 Å². The van der Waals surface area contributed by atoms with Gasteiger partial charge in [0.2, 0.25) is 0 Å². The summed E-state index contributed by atoms with van der Waals surface area (Å²) in [6, 6.07) is 4.09. The SMILES string of the molecule is C=C(C)C1CCC(C)=CC1c1c(O)cc(CCCCC)cc1OCC. The van der Waals surface area contributed by atoms with E-state index in [1.165, 1.54) is 29.6 Å². The van der Waals surface area contributed by atoms with E-state index in [9.17, 15) is 5.11 Å². The molecule has 1 N–H and O–H groups in total. The van der Waals surface area contributed by atoms with Gasteiger partial charge in [-0.05, 0) is 70.1 Å². The third-order valence-corrected chi connectivity index (χ3v) is 5.26. The largest absolute Gasteiger partial charge is 0.507 e. The molecule has 0 saturated heterocycles. The molecule has 2 atom stereocenters. The van der Waals surface area contributed by atoms with Gasteiger partial charge in [0, 0.05) is 11.5 Å². The van der Waals surface area contributed by atoms with Crippen molar-refractivity contribution < 1.29 is 9.84 Å². The molecule has 1 aromatic rings. The lowest BCUT2D eigenvalue weighted by atomic mass is 9.73. The maximum atomic E-state index is 10.9. The Kier molecular flexibility index (Phi) is 7.16. The van der Waals surface area contributed by atoms with E-state index in [1.54, 1.807) is 0 Å². The van der Waals surface area contributed by atoms with Crippen molar-refractivity contribution in [3.63, 3.8) is 0 Å². The molecule has 0 amide bonds. The van der Waals surface area contributed by atoms with Crippen LogP contribution in [-0.2, 0) is 6.42 Å². The Morgan fingerprint density at radius 2 is 2.04 bits per heavy atom. The number of aryl methyl sites for hydroxylation is 1. The molecule has 0 radical (unpaired) electrons. The molecule has 1 aliphatic carbocycles. The highest BCUT2D eigenvalue weighted by molar-refractivity contribution is 5.52. The van der Waals surface area contributed by atoms with Crippen LogP contribution in [0.25, 0.3) is 0 Å². The minimum absolute atomic E-state index is 0.150. The normalized spacial score (nSPS) is 20.2. The van der Waals surface area contributed by atoms with Crippen LogP contribution in [0.4, 0.5) is 0 Å². The minimum atomic E-state index is 0.150. The van der Waals surface area contributed by atoms with Crippen LogP contribution >= 0.6 is 0 Å². The molecule has 138 valence electrons. The maximum absolute atomic E-state index is 10.9. The average molecular weight is 343 g/mol. The lowest BCUT2D eigenvalue weighted by Crippen LogP contribution is -2.18. The molecule has 1 aromatic carbocycles. The van der Waals surface area contributed by atoms with E-state index in [-0.39, 0.29) is 5.92 Å². The van der Waals surface area contributed by atoms with E-state index in [4.69, 9.17) is 4.74 Å². The number of unbranched alkanes of at least 4 members (excludes halogenated alkanes) is 2. The molecule has 2 unspecified atom stereocenters. The first-order valence-corrected chi connectivity index (χ1v) is 9.79. The number of phenolic OH excluding ortho intramolecular Hbond substituents is 1. The molecule has 0 bridgehead atoms. The number of benzene rings is 1. The van der Waals surface area contributed by atoms with E-state index >= 15 is 0 Å². The smallest absolute Gasteiger partial charge is 0.127 e. The molecule has 2 rings (SSSR count). The fourth-order valence-corrected chi connectivity index (χ4v) is 3.91. The summed E-state index contributed by atoms with van der Waals surface area (Å²) in [5, 5.41) is 10.9. The minimum Gasteiger partial charge on any atom is -0.507 e. The number of hydrogen-bond acceptors (Lipinski definition) is 2. The number of aromatic hydroxyl groups is 1. The Balaban J connectivity index is 2.43. The van der Waals surface area contributed by atoms with Crippen molar-refractivity contribution in [2.24, 2.45) is 5.92 Å². The molecule has 0 heterocycles. The molecule has 0 spiro atoms. The van der Waals surface area contributed by atoms with Gasteiger partial charge in [0.15, 0.2) is 0 Å². The Morgan fingerprint density at radius 3 is 2.68 bits per heavy atom. The quantitative estimate of drug-likeness (QED) is 0.429. The first kappa shape index (κ1) is 19.6. The molecule has 0 saturated carbocycles. The molecule has 0 aliphatic heterocycles. The van der Waals surface area contributed by atoms with Crippen molar-refractivity contribution in [3.8, 4) is 11.5 Å². The third kappa shape index (κ3) is 4.90. The van der Waals surface area contributed by atoms with E-state index in [0.29, 0.717) is 18.3 Å². The fourth-order valence-electron chi connectivity index (χ4n) is 3.91. The van der Waals surface area contributed by atoms with Crippen molar-refractivity contribution in [3.05, 3.63) is 47.1 Å².